The maximum absolute atomic E-state index is 11.1. The topological polar surface area (TPSA) is 0 Å². The number of rotatable bonds is 3. The molecule has 2 aromatic carbocycles. The molecule has 0 unspecified atom stereocenters. The minimum absolute atomic E-state index is 0.0287. The van der Waals surface area contributed by atoms with Crippen molar-refractivity contribution in [2.24, 2.45) is 0 Å². The molecule has 0 nitrogen and oxygen atoms in total. The zero-order valence-electron chi connectivity index (χ0n) is 11.8. The van der Waals surface area contributed by atoms with E-state index in [-0.39, 0.29) is 21.2 Å². The van der Waals surface area contributed by atoms with E-state index in [1.807, 2.05) is 0 Å². The molecule has 0 aliphatic rings. The molecule has 0 saturated carbocycles. The minimum atomic E-state index is -4.71. The van der Waals surface area contributed by atoms with Crippen LogP contribution in [0.2, 0.25) is 0 Å². The SMILES string of the molecule is FC(F)(F)CCC(F)(F)F.c1ccc([I-]c2ccccc2)cc1. The molecule has 0 fully saturated rings. The fourth-order valence-corrected chi connectivity index (χ4v) is 3.63. The Morgan fingerprint density at radius 2 is 0.870 bits per heavy atom. The van der Waals surface area contributed by atoms with Crippen molar-refractivity contribution in [3.8, 4) is 0 Å². The van der Waals surface area contributed by atoms with Gasteiger partial charge < -0.3 is 0 Å². The molecule has 23 heavy (non-hydrogen) atoms. The van der Waals surface area contributed by atoms with E-state index in [9.17, 15) is 26.3 Å². The molecule has 0 saturated heterocycles. The Balaban J connectivity index is 0.000000241. The molecule has 7 heteroatoms. The maximum atomic E-state index is 11.1. The van der Waals surface area contributed by atoms with Gasteiger partial charge in [0.2, 0.25) is 0 Å². The zero-order chi connectivity index (χ0) is 17.3. The molecule has 0 bridgehead atoms. The normalized spacial score (nSPS) is 11.7. The van der Waals surface area contributed by atoms with Gasteiger partial charge in [-0.2, -0.15) is 26.3 Å². The van der Waals surface area contributed by atoms with Gasteiger partial charge in [-0.3, -0.25) is 0 Å². The van der Waals surface area contributed by atoms with Crippen molar-refractivity contribution in [1.82, 2.24) is 0 Å². The van der Waals surface area contributed by atoms with Crippen LogP contribution in [-0.4, -0.2) is 12.4 Å². The molecule has 0 amide bonds. The van der Waals surface area contributed by atoms with Crippen LogP contribution in [0.1, 0.15) is 12.8 Å². The van der Waals surface area contributed by atoms with Crippen LogP contribution in [0.15, 0.2) is 60.7 Å². The van der Waals surface area contributed by atoms with Crippen LogP contribution in [0, 0.1) is 7.14 Å². The van der Waals surface area contributed by atoms with Crippen molar-refractivity contribution in [3.05, 3.63) is 67.8 Å². The van der Waals surface area contributed by atoms with Crippen molar-refractivity contribution in [2.45, 2.75) is 25.2 Å². The van der Waals surface area contributed by atoms with Crippen molar-refractivity contribution in [3.63, 3.8) is 0 Å². The Labute approximate surface area is 140 Å². The quantitative estimate of drug-likeness (QED) is 0.502. The first-order chi connectivity index (χ1) is 10.7. The first-order valence-electron chi connectivity index (χ1n) is 6.54. The summed E-state index contributed by atoms with van der Waals surface area (Å²) < 4.78 is 69.5. The van der Waals surface area contributed by atoms with E-state index in [1.165, 1.54) is 7.14 Å². The van der Waals surface area contributed by atoms with Gasteiger partial charge in [0, 0.05) is 0 Å². The molecular weight excluding hydrogens is 433 g/mol. The van der Waals surface area contributed by atoms with E-state index in [2.05, 4.69) is 60.7 Å². The molecule has 0 atom stereocenters. The van der Waals surface area contributed by atoms with Gasteiger partial charge in [0.1, 0.15) is 0 Å². The van der Waals surface area contributed by atoms with E-state index in [0.717, 1.165) is 0 Å². The monoisotopic (exact) mass is 447 g/mol. The summed E-state index contributed by atoms with van der Waals surface area (Å²) in [5, 5.41) is 0. The zero-order valence-corrected chi connectivity index (χ0v) is 14.0. The number of alkyl halides is 6. The molecule has 0 heterocycles. The molecule has 0 spiro atoms. The number of hydrogen-bond acceptors (Lipinski definition) is 0. The van der Waals surface area contributed by atoms with Crippen LogP contribution < -0.4 is 21.2 Å². The van der Waals surface area contributed by atoms with E-state index in [1.54, 1.807) is 0 Å². The molecule has 0 radical (unpaired) electrons. The Kier molecular flexibility index (Phi) is 7.87. The second-order valence-electron chi connectivity index (χ2n) is 4.42. The standard InChI is InChI=1S/C12H10I.C4H4F6/c1-3-7-11(8-4-1)13-12-9-5-2-6-10-12;5-3(6,7)1-2-4(8,9)10/h1-10H;1-2H2/q-1;. The average Bonchev–Trinajstić information content (AvgIpc) is 2.47. The van der Waals surface area contributed by atoms with Crippen LogP contribution in [0.3, 0.4) is 0 Å². The van der Waals surface area contributed by atoms with Crippen LogP contribution in [0.25, 0.3) is 0 Å². The van der Waals surface area contributed by atoms with Crippen LogP contribution >= 0.6 is 0 Å². The molecule has 128 valence electrons. The summed E-state index contributed by atoms with van der Waals surface area (Å²) in [6.07, 6.45) is -13.0. The number of halogens is 7. The number of hydrogen-bond donors (Lipinski definition) is 0. The second-order valence-corrected chi connectivity index (χ2v) is 7.45. The second kappa shape index (κ2) is 9.14. The summed E-state index contributed by atoms with van der Waals surface area (Å²) in [4.78, 5) is 0. The third-order valence-corrected chi connectivity index (χ3v) is 5.06. The van der Waals surface area contributed by atoms with Gasteiger partial charge in [-0.05, 0) is 0 Å². The Bertz CT molecular complexity index is 497. The predicted molar refractivity (Wildman–Crippen MR) is 71.6 cm³/mol. The van der Waals surface area contributed by atoms with E-state index < -0.39 is 25.2 Å². The molecular formula is C16H14F6I-. The fourth-order valence-electron chi connectivity index (χ4n) is 1.36. The van der Waals surface area contributed by atoms with E-state index in [4.69, 9.17) is 0 Å². The molecule has 2 aromatic rings. The van der Waals surface area contributed by atoms with Gasteiger partial charge in [-0.1, -0.05) is 0 Å². The van der Waals surface area contributed by atoms with Crippen molar-refractivity contribution >= 4 is 0 Å². The Hall–Kier alpha value is -1.25. The van der Waals surface area contributed by atoms with Gasteiger partial charge in [-0.25, -0.2) is 0 Å². The molecule has 0 aromatic heterocycles. The van der Waals surface area contributed by atoms with Crippen LogP contribution in [0.5, 0.6) is 0 Å². The van der Waals surface area contributed by atoms with Gasteiger partial charge in [0.15, 0.2) is 0 Å². The van der Waals surface area contributed by atoms with E-state index >= 15 is 0 Å². The van der Waals surface area contributed by atoms with Crippen LogP contribution in [-0.2, 0) is 0 Å². The summed E-state index contributed by atoms with van der Waals surface area (Å²) in [7, 11) is 0. The molecule has 2 rings (SSSR count). The summed E-state index contributed by atoms with van der Waals surface area (Å²) in [5.74, 6) is 0. The van der Waals surface area contributed by atoms with Gasteiger partial charge in [0.25, 0.3) is 0 Å². The van der Waals surface area contributed by atoms with Gasteiger partial charge in [-0.15, -0.1) is 0 Å². The molecule has 0 aliphatic heterocycles. The third kappa shape index (κ3) is 11.0. The van der Waals surface area contributed by atoms with Gasteiger partial charge >= 0.3 is 101 Å². The van der Waals surface area contributed by atoms with Crippen molar-refractivity contribution in [1.29, 1.82) is 0 Å². The van der Waals surface area contributed by atoms with Crippen LogP contribution in [0.4, 0.5) is 26.3 Å². The molecule has 0 N–H and O–H groups in total. The summed E-state index contributed by atoms with van der Waals surface area (Å²) in [6, 6.07) is 21.4. The predicted octanol–water partition coefficient (Wildman–Crippen LogP) is 2.71. The summed E-state index contributed by atoms with van der Waals surface area (Å²) >= 11 is 0.0287. The van der Waals surface area contributed by atoms with E-state index in [0.29, 0.717) is 0 Å². The summed E-state index contributed by atoms with van der Waals surface area (Å²) in [6.45, 7) is 0. The van der Waals surface area contributed by atoms with Crippen molar-refractivity contribution < 1.29 is 47.5 Å². The average molecular weight is 447 g/mol. The molecule has 0 aliphatic carbocycles. The van der Waals surface area contributed by atoms with Gasteiger partial charge in [0.05, 0.1) is 12.8 Å². The Morgan fingerprint density at radius 3 is 1.13 bits per heavy atom. The first kappa shape index (κ1) is 19.8. The summed E-state index contributed by atoms with van der Waals surface area (Å²) in [5.41, 5.74) is 0. The fraction of sp³-hybridized carbons (Fsp3) is 0.250. The Morgan fingerprint density at radius 1 is 0.565 bits per heavy atom. The third-order valence-electron chi connectivity index (χ3n) is 2.38. The first-order valence-corrected chi connectivity index (χ1v) is 8.70. The van der Waals surface area contributed by atoms with Crippen molar-refractivity contribution in [2.75, 3.05) is 0 Å². The number of benzene rings is 2.